The fourth-order valence-electron chi connectivity index (χ4n) is 2.76. The zero-order valence-electron chi connectivity index (χ0n) is 11.3. The van der Waals surface area contributed by atoms with Gasteiger partial charge >= 0.3 is 0 Å². The van der Waals surface area contributed by atoms with Gasteiger partial charge in [-0.2, -0.15) is 4.98 Å². The van der Waals surface area contributed by atoms with Crippen LogP contribution in [0, 0.1) is 5.92 Å². The number of halogens is 1. The summed E-state index contributed by atoms with van der Waals surface area (Å²) in [7, 11) is 0. The Labute approximate surface area is 126 Å². The molecule has 20 heavy (non-hydrogen) atoms. The monoisotopic (exact) mass is 335 g/mol. The summed E-state index contributed by atoms with van der Waals surface area (Å²) in [6, 6.07) is 7.95. The molecule has 4 nitrogen and oxygen atoms in total. The molecule has 2 N–H and O–H groups in total. The Kier molecular flexibility index (Phi) is 4.17. The van der Waals surface area contributed by atoms with Crippen molar-refractivity contribution >= 4 is 15.9 Å². The third-order valence-electron chi connectivity index (χ3n) is 4.07. The third-order valence-corrected chi connectivity index (χ3v) is 4.60. The molecule has 1 aliphatic rings. The summed E-state index contributed by atoms with van der Waals surface area (Å²) >= 11 is 3.42. The van der Waals surface area contributed by atoms with Gasteiger partial charge in [-0.25, -0.2) is 0 Å². The predicted molar refractivity (Wildman–Crippen MR) is 81.2 cm³/mol. The summed E-state index contributed by atoms with van der Waals surface area (Å²) in [5, 5.41) is 4.10. The van der Waals surface area contributed by atoms with Crippen molar-refractivity contribution in [2.24, 2.45) is 11.7 Å². The van der Waals surface area contributed by atoms with Gasteiger partial charge in [0.2, 0.25) is 11.7 Å². The number of hydrogen-bond acceptors (Lipinski definition) is 4. The van der Waals surface area contributed by atoms with E-state index in [0.29, 0.717) is 17.7 Å². The summed E-state index contributed by atoms with van der Waals surface area (Å²) in [5.41, 5.74) is 6.71. The van der Waals surface area contributed by atoms with Crippen LogP contribution >= 0.6 is 15.9 Å². The molecule has 106 valence electrons. The van der Waals surface area contributed by atoms with Crippen LogP contribution in [-0.4, -0.2) is 16.7 Å². The fraction of sp³-hybridized carbons (Fsp3) is 0.467. The second kappa shape index (κ2) is 6.06. The summed E-state index contributed by atoms with van der Waals surface area (Å²) in [6.45, 7) is 0.792. The minimum Gasteiger partial charge on any atom is -0.339 e. The van der Waals surface area contributed by atoms with E-state index in [-0.39, 0.29) is 0 Å². The Morgan fingerprint density at radius 2 is 1.85 bits per heavy atom. The Morgan fingerprint density at radius 3 is 2.50 bits per heavy atom. The van der Waals surface area contributed by atoms with Crippen LogP contribution in [0.5, 0.6) is 0 Å². The van der Waals surface area contributed by atoms with Gasteiger partial charge in [0.15, 0.2) is 0 Å². The molecule has 1 aliphatic carbocycles. The van der Waals surface area contributed by atoms with Gasteiger partial charge in [-0.1, -0.05) is 21.1 Å². The summed E-state index contributed by atoms with van der Waals surface area (Å²) in [4.78, 5) is 4.56. The van der Waals surface area contributed by atoms with Crippen LogP contribution in [0.3, 0.4) is 0 Å². The number of nitrogens with two attached hydrogens (primary N) is 1. The highest BCUT2D eigenvalue weighted by Gasteiger charge is 2.25. The van der Waals surface area contributed by atoms with Crippen LogP contribution in [0.2, 0.25) is 0 Å². The molecule has 0 spiro atoms. The Bertz CT molecular complexity index is 559. The van der Waals surface area contributed by atoms with Crippen molar-refractivity contribution in [3.63, 3.8) is 0 Å². The number of rotatable bonds is 3. The molecule has 1 fully saturated rings. The zero-order chi connectivity index (χ0) is 13.9. The van der Waals surface area contributed by atoms with Gasteiger partial charge in [-0.3, -0.25) is 0 Å². The molecule has 0 amide bonds. The van der Waals surface area contributed by atoms with Crippen molar-refractivity contribution in [2.75, 3.05) is 6.54 Å². The second-order valence-electron chi connectivity index (χ2n) is 5.42. The number of nitrogens with zero attached hydrogens (tertiary/aromatic N) is 2. The predicted octanol–water partition coefficient (Wildman–Crippen LogP) is 3.73. The summed E-state index contributed by atoms with van der Waals surface area (Å²) in [5.74, 6) is 2.52. The van der Waals surface area contributed by atoms with E-state index in [1.165, 1.54) is 0 Å². The lowest BCUT2D eigenvalue weighted by Gasteiger charge is -2.24. The second-order valence-corrected chi connectivity index (χ2v) is 6.33. The molecule has 0 aliphatic heterocycles. The SMILES string of the molecule is NCC1CCC(c2nc(-c3ccc(Br)cc3)no2)CC1. The van der Waals surface area contributed by atoms with Gasteiger partial charge in [0.1, 0.15) is 0 Å². The first kappa shape index (κ1) is 13.8. The molecule has 5 heteroatoms. The molecule has 3 rings (SSSR count). The highest BCUT2D eigenvalue weighted by Crippen LogP contribution is 2.35. The maximum Gasteiger partial charge on any atom is 0.230 e. The highest BCUT2D eigenvalue weighted by molar-refractivity contribution is 9.10. The normalized spacial score (nSPS) is 22.9. The van der Waals surface area contributed by atoms with Gasteiger partial charge in [-0.15, -0.1) is 0 Å². The molecule has 0 radical (unpaired) electrons. The first-order valence-corrected chi connectivity index (χ1v) is 7.85. The summed E-state index contributed by atoms with van der Waals surface area (Å²) in [6.07, 6.45) is 4.53. The average Bonchev–Trinajstić information content (AvgIpc) is 2.98. The van der Waals surface area contributed by atoms with Crippen molar-refractivity contribution < 1.29 is 4.52 Å². The first-order valence-electron chi connectivity index (χ1n) is 7.06. The van der Waals surface area contributed by atoms with Crippen LogP contribution in [0.15, 0.2) is 33.3 Å². The maximum absolute atomic E-state index is 5.72. The topological polar surface area (TPSA) is 64.9 Å². The lowest BCUT2D eigenvalue weighted by molar-refractivity contribution is 0.275. The molecule has 0 saturated heterocycles. The number of hydrogen-bond donors (Lipinski definition) is 1. The van der Waals surface area contributed by atoms with E-state index in [2.05, 4.69) is 26.1 Å². The minimum absolute atomic E-state index is 0.398. The largest absolute Gasteiger partial charge is 0.339 e. The fourth-order valence-corrected chi connectivity index (χ4v) is 3.03. The third kappa shape index (κ3) is 2.94. The van der Waals surface area contributed by atoms with Crippen LogP contribution < -0.4 is 5.73 Å². The van der Waals surface area contributed by atoms with E-state index in [0.717, 1.165) is 48.2 Å². The number of aromatic nitrogens is 2. The first-order chi connectivity index (χ1) is 9.76. The molecular weight excluding hydrogens is 318 g/mol. The standard InChI is InChI=1S/C15H18BrN3O/c16-13-7-5-11(6-8-13)14-18-15(20-19-14)12-3-1-10(9-17)2-4-12/h5-8,10,12H,1-4,9,17H2. The minimum atomic E-state index is 0.398. The molecule has 1 aromatic carbocycles. The molecule has 0 atom stereocenters. The van der Waals surface area contributed by atoms with Gasteiger partial charge in [-0.05, 0) is 62.4 Å². The lowest BCUT2D eigenvalue weighted by Crippen LogP contribution is -2.20. The van der Waals surface area contributed by atoms with Crippen LogP contribution in [-0.2, 0) is 0 Å². The van der Waals surface area contributed by atoms with E-state index >= 15 is 0 Å². The van der Waals surface area contributed by atoms with Crippen molar-refractivity contribution in [1.29, 1.82) is 0 Å². The van der Waals surface area contributed by atoms with Crippen molar-refractivity contribution in [3.8, 4) is 11.4 Å². The zero-order valence-corrected chi connectivity index (χ0v) is 12.8. The van der Waals surface area contributed by atoms with E-state index in [4.69, 9.17) is 10.3 Å². The van der Waals surface area contributed by atoms with Crippen LogP contribution in [0.25, 0.3) is 11.4 Å². The van der Waals surface area contributed by atoms with E-state index in [9.17, 15) is 0 Å². The van der Waals surface area contributed by atoms with E-state index < -0.39 is 0 Å². The summed E-state index contributed by atoms with van der Waals surface area (Å²) < 4.78 is 6.50. The highest BCUT2D eigenvalue weighted by atomic mass is 79.9. The van der Waals surface area contributed by atoms with Gasteiger partial charge < -0.3 is 10.3 Å². The smallest absolute Gasteiger partial charge is 0.230 e. The maximum atomic E-state index is 5.72. The molecule has 0 unspecified atom stereocenters. The molecule has 1 aromatic heterocycles. The Balaban J connectivity index is 1.72. The molecule has 1 saturated carbocycles. The van der Waals surface area contributed by atoms with E-state index in [1.807, 2.05) is 24.3 Å². The molecule has 2 aromatic rings. The van der Waals surface area contributed by atoms with Crippen molar-refractivity contribution in [3.05, 3.63) is 34.6 Å². The Morgan fingerprint density at radius 1 is 1.15 bits per heavy atom. The van der Waals surface area contributed by atoms with Crippen molar-refractivity contribution in [2.45, 2.75) is 31.6 Å². The lowest BCUT2D eigenvalue weighted by atomic mass is 9.82. The number of benzene rings is 1. The van der Waals surface area contributed by atoms with Gasteiger partial charge in [0.05, 0.1) is 0 Å². The van der Waals surface area contributed by atoms with Gasteiger partial charge in [0, 0.05) is 16.0 Å². The van der Waals surface area contributed by atoms with E-state index in [1.54, 1.807) is 0 Å². The molecular formula is C15H18BrN3O. The molecule has 0 bridgehead atoms. The Hall–Kier alpha value is -1.20. The molecule has 1 heterocycles. The van der Waals surface area contributed by atoms with Crippen LogP contribution in [0.4, 0.5) is 0 Å². The average molecular weight is 336 g/mol. The van der Waals surface area contributed by atoms with Crippen molar-refractivity contribution in [1.82, 2.24) is 10.1 Å². The quantitative estimate of drug-likeness (QED) is 0.927. The van der Waals surface area contributed by atoms with Gasteiger partial charge in [0.25, 0.3) is 0 Å². The van der Waals surface area contributed by atoms with Crippen LogP contribution in [0.1, 0.15) is 37.5 Å².